The van der Waals surface area contributed by atoms with Gasteiger partial charge in [-0.25, -0.2) is 8.42 Å². The van der Waals surface area contributed by atoms with E-state index in [4.69, 9.17) is 11.6 Å². The van der Waals surface area contributed by atoms with E-state index in [1.165, 1.54) is 5.56 Å². The number of nitrogens with zero attached hydrogens (tertiary/aromatic N) is 3. The normalized spacial score (nSPS) is 19.0. The molecule has 2 heterocycles. The van der Waals surface area contributed by atoms with Crippen LogP contribution in [0.1, 0.15) is 30.4 Å². The fourth-order valence-electron chi connectivity index (χ4n) is 3.31. The van der Waals surface area contributed by atoms with Gasteiger partial charge in [0.05, 0.1) is 21.9 Å². The van der Waals surface area contributed by atoms with Crippen LogP contribution in [-0.4, -0.2) is 41.9 Å². The third-order valence-electron chi connectivity index (χ3n) is 4.60. The van der Waals surface area contributed by atoms with Gasteiger partial charge in [-0.2, -0.15) is 5.10 Å². The molecule has 1 atom stereocenters. The van der Waals surface area contributed by atoms with Gasteiger partial charge in [0.15, 0.2) is 9.84 Å². The summed E-state index contributed by atoms with van der Waals surface area (Å²) in [6, 6.07) is 5.34. The van der Waals surface area contributed by atoms with Crippen LogP contribution in [0.25, 0.3) is 0 Å². The standard InChI is InChI=1S/C17H22ClN3O2S/c1-3-24(22,23)17-14(5-4-6-16(17)18)12-21-8-7-13(11-21)15-9-19-20(2)10-15/h4-6,9-10,13H,3,7-8,11-12H2,1-2H3. The molecule has 0 N–H and O–H groups in total. The topological polar surface area (TPSA) is 55.2 Å². The van der Waals surface area contributed by atoms with E-state index in [-0.39, 0.29) is 5.75 Å². The predicted octanol–water partition coefficient (Wildman–Crippen LogP) is 2.86. The monoisotopic (exact) mass is 367 g/mol. The lowest BCUT2D eigenvalue weighted by Gasteiger charge is -2.19. The maximum Gasteiger partial charge on any atom is 0.179 e. The van der Waals surface area contributed by atoms with Crippen LogP contribution in [0.3, 0.4) is 0 Å². The summed E-state index contributed by atoms with van der Waals surface area (Å²) in [5, 5.41) is 4.56. The molecule has 0 radical (unpaired) electrons. The van der Waals surface area contributed by atoms with Crippen LogP contribution in [0, 0.1) is 0 Å². The molecule has 5 nitrogen and oxygen atoms in total. The quantitative estimate of drug-likeness (QED) is 0.815. The summed E-state index contributed by atoms with van der Waals surface area (Å²) in [7, 11) is -1.41. The van der Waals surface area contributed by atoms with Gasteiger partial charge in [0.2, 0.25) is 0 Å². The van der Waals surface area contributed by atoms with Crippen molar-refractivity contribution in [3.63, 3.8) is 0 Å². The van der Waals surface area contributed by atoms with E-state index in [1.54, 1.807) is 13.0 Å². The van der Waals surface area contributed by atoms with Gasteiger partial charge in [-0.15, -0.1) is 0 Å². The number of hydrogen-bond donors (Lipinski definition) is 0. The number of likely N-dealkylation sites (tertiary alicyclic amines) is 1. The molecule has 0 saturated carbocycles. The van der Waals surface area contributed by atoms with Gasteiger partial charge < -0.3 is 0 Å². The molecular weight excluding hydrogens is 346 g/mol. The summed E-state index contributed by atoms with van der Waals surface area (Å²) in [5.74, 6) is 0.506. The first-order chi connectivity index (χ1) is 11.4. The maximum absolute atomic E-state index is 12.4. The van der Waals surface area contributed by atoms with Crippen molar-refractivity contribution in [2.75, 3.05) is 18.8 Å². The average Bonchev–Trinajstić information content (AvgIpc) is 3.16. The minimum absolute atomic E-state index is 0.0576. The van der Waals surface area contributed by atoms with E-state index in [0.29, 0.717) is 22.4 Å². The Hall–Kier alpha value is -1.37. The molecular formula is C17H22ClN3O2S. The summed E-state index contributed by atoms with van der Waals surface area (Å²) in [4.78, 5) is 2.58. The minimum Gasteiger partial charge on any atom is -0.298 e. The fraction of sp³-hybridized carbons (Fsp3) is 0.471. The van der Waals surface area contributed by atoms with E-state index in [0.717, 1.165) is 25.1 Å². The number of hydrogen-bond acceptors (Lipinski definition) is 4. The summed E-state index contributed by atoms with van der Waals surface area (Å²) < 4.78 is 26.6. The molecule has 24 heavy (non-hydrogen) atoms. The molecule has 1 saturated heterocycles. The molecule has 3 rings (SSSR count). The molecule has 1 aromatic heterocycles. The van der Waals surface area contributed by atoms with E-state index in [2.05, 4.69) is 16.2 Å². The summed E-state index contributed by atoms with van der Waals surface area (Å²) in [6.45, 7) is 4.10. The zero-order valence-corrected chi connectivity index (χ0v) is 15.5. The van der Waals surface area contributed by atoms with Gasteiger partial charge in [0.25, 0.3) is 0 Å². The predicted molar refractivity (Wildman–Crippen MR) is 95.0 cm³/mol. The second kappa shape index (κ2) is 6.86. The van der Waals surface area contributed by atoms with Crippen molar-refractivity contribution in [2.24, 2.45) is 7.05 Å². The average molecular weight is 368 g/mol. The Morgan fingerprint density at radius 1 is 1.38 bits per heavy atom. The Morgan fingerprint density at radius 2 is 2.17 bits per heavy atom. The highest BCUT2D eigenvalue weighted by Crippen LogP contribution is 2.31. The number of sulfone groups is 1. The van der Waals surface area contributed by atoms with Crippen LogP contribution in [0.5, 0.6) is 0 Å². The lowest BCUT2D eigenvalue weighted by Crippen LogP contribution is -2.21. The first kappa shape index (κ1) is 17.5. The number of benzene rings is 1. The first-order valence-electron chi connectivity index (χ1n) is 8.11. The highest BCUT2D eigenvalue weighted by atomic mass is 35.5. The SMILES string of the molecule is CCS(=O)(=O)c1c(Cl)cccc1CN1CCC(c2cnn(C)c2)C1. The highest BCUT2D eigenvalue weighted by molar-refractivity contribution is 7.91. The van der Waals surface area contributed by atoms with Gasteiger partial charge in [-0.1, -0.05) is 30.7 Å². The highest BCUT2D eigenvalue weighted by Gasteiger charge is 2.27. The third kappa shape index (κ3) is 3.50. The molecule has 1 fully saturated rings. The molecule has 130 valence electrons. The van der Waals surface area contributed by atoms with Gasteiger partial charge in [-0.05, 0) is 30.2 Å². The van der Waals surface area contributed by atoms with E-state index in [1.807, 2.05) is 30.1 Å². The van der Waals surface area contributed by atoms with Crippen molar-refractivity contribution >= 4 is 21.4 Å². The minimum atomic E-state index is -3.34. The zero-order chi connectivity index (χ0) is 17.3. The first-order valence-corrected chi connectivity index (χ1v) is 10.1. The second-order valence-corrected chi connectivity index (χ2v) is 8.92. The van der Waals surface area contributed by atoms with Crippen LogP contribution in [-0.2, 0) is 23.4 Å². The summed E-state index contributed by atoms with van der Waals surface area (Å²) in [5.41, 5.74) is 2.03. The molecule has 1 unspecified atom stereocenters. The van der Waals surface area contributed by atoms with Gasteiger partial charge in [0.1, 0.15) is 0 Å². The lowest BCUT2D eigenvalue weighted by molar-refractivity contribution is 0.324. The van der Waals surface area contributed by atoms with Gasteiger partial charge in [-0.3, -0.25) is 9.58 Å². The van der Waals surface area contributed by atoms with Crippen molar-refractivity contribution in [1.29, 1.82) is 0 Å². The Kier molecular flexibility index (Phi) is 4.99. The van der Waals surface area contributed by atoms with Crippen molar-refractivity contribution in [3.05, 3.63) is 46.7 Å². The molecule has 1 aliphatic rings. The number of rotatable bonds is 5. The van der Waals surface area contributed by atoms with Crippen molar-refractivity contribution < 1.29 is 8.42 Å². The Morgan fingerprint density at radius 3 is 2.83 bits per heavy atom. The lowest BCUT2D eigenvalue weighted by atomic mass is 10.0. The van der Waals surface area contributed by atoms with E-state index >= 15 is 0 Å². The molecule has 0 bridgehead atoms. The second-order valence-electron chi connectivity index (χ2n) is 6.30. The van der Waals surface area contributed by atoms with Crippen LogP contribution in [0.2, 0.25) is 5.02 Å². The summed E-state index contributed by atoms with van der Waals surface area (Å²) >= 11 is 6.20. The van der Waals surface area contributed by atoms with Crippen LogP contribution in [0.15, 0.2) is 35.5 Å². The molecule has 7 heteroatoms. The number of halogens is 1. The zero-order valence-electron chi connectivity index (χ0n) is 13.9. The molecule has 0 amide bonds. The number of aromatic nitrogens is 2. The van der Waals surface area contributed by atoms with Crippen molar-refractivity contribution in [3.8, 4) is 0 Å². The Balaban J connectivity index is 1.79. The smallest absolute Gasteiger partial charge is 0.179 e. The van der Waals surface area contributed by atoms with E-state index < -0.39 is 9.84 Å². The van der Waals surface area contributed by atoms with Crippen molar-refractivity contribution in [2.45, 2.75) is 30.7 Å². The van der Waals surface area contributed by atoms with Crippen LogP contribution in [0.4, 0.5) is 0 Å². The van der Waals surface area contributed by atoms with Crippen LogP contribution >= 0.6 is 11.6 Å². The maximum atomic E-state index is 12.4. The third-order valence-corrected chi connectivity index (χ3v) is 6.89. The van der Waals surface area contributed by atoms with Crippen LogP contribution < -0.4 is 0 Å². The van der Waals surface area contributed by atoms with Crippen molar-refractivity contribution in [1.82, 2.24) is 14.7 Å². The fourth-order valence-corrected chi connectivity index (χ4v) is 5.04. The largest absolute Gasteiger partial charge is 0.298 e. The molecule has 2 aromatic rings. The number of aryl methyl sites for hydroxylation is 1. The van der Waals surface area contributed by atoms with Gasteiger partial charge in [0, 0.05) is 32.3 Å². The van der Waals surface area contributed by atoms with E-state index in [9.17, 15) is 8.42 Å². The molecule has 1 aliphatic heterocycles. The molecule has 0 spiro atoms. The van der Waals surface area contributed by atoms with Gasteiger partial charge >= 0.3 is 0 Å². The molecule has 1 aromatic carbocycles. The Labute approximate surface area is 148 Å². The molecule has 0 aliphatic carbocycles. The Bertz CT molecular complexity index is 832. The summed E-state index contributed by atoms with van der Waals surface area (Å²) in [6.07, 6.45) is 5.03.